The van der Waals surface area contributed by atoms with Gasteiger partial charge >= 0.3 is 5.97 Å². The fraction of sp³-hybridized carbons (Fsp3) is 0.273. The lowest BCUT2D eigenvalue weighted by atomic mass is 10.2. The normalized spacial score (nSPS) is 11.0. The molecular formula is C11H15N3O2. The van der Waals surface area contributed by atoms with E-state index < -0.39 is 5.97 Å². The lowest BCUT2D eigenvalue weighted by Crippen LogP contribution is -2.31. The summed E-state index contributed by atoms with van der Waals surface area (Å²) in [6, 6.07) is 7.54. The van der Waals surface area contributed by atoms with Gasteiger partial charge in [-0.2, -0.15) is 0 Å². The Morgan fingerprint density at radius 1 is 1.50 bits per heavy atom. The number of nitrogens with one attached hydrogen (secondary N) is 2. The second-order valence-corrected chi connectivity index (χ2v) is 3.28. The number of aryl methyl sites for hydroxylation is 1. The van der Waals surface area contributed by atoms with Crippen molar-refractivity contribution < 1.29 is 9.90 Å². The van der Waals surface area contributed by atoms with Crippen LogP contribution >= 0.6 is 0 Å². The molecule has 0 unspecified atom stereocenters. The van der Waals surface area contributed by atoms with Crippen molar-refractivity contribution in [1.29, 1.82) is 0 Å². The highest BCUT2D eigenvalue weighted by atomic mass is 16.4. The van der Waals surface area contributed by atoms with E-state index in [9.17, 15) is 4.79 Å². The van der Waals surface area contributed by atoms with Crippen LogP contribution in [0.4, 0.5) is 5.69 Å². The summed E-state index contributed by atoms with van der Waals surface area (Å²) in [5, 5.41) is 15.2. The van der Waals surface area contributed by atoms with Crippen LogP contribution in [-0.2, 0) is 4.79 Å². The average molecular weight is 221 g/mol. The van der Waals surface area contributed by atoms with Crippen molar-refractivity contribution in [2.75, 3.05) is 12.0 Å². The predicted octanol–water partition coefficient (Wildman–Crippen LogP) is 1.41. The molecule has 0 aromatic heterocycles. The van der Waals surface area contributed by atoms with E-state index in [0.29, 0.717) is 6.54 Å². The Morgan fingerprint density at radius 3 is 2.81 bits per heavy atom. The van der Waals surface area contributed by atoms with Crippen molar-refractivity contribution in [3.8, 4) is 0 Å². The maximum Gasteiger partial charge on any atom is 0.373 e. The highest BCUT2D eigenvalue weighted by Crippen LogP contribution is 2.08. The Hall–Kier alpha value is -2.04. The number of carbonyl (C=O) groups is 1. The van der Waals surface area contributed by atoms with Crippen LogP contribution in [0.2, 0.25) is 0 Å². The van der Waals surface area contributed by atoms with Crippen LogP contribution in [0.25, 0.3) is 0 Å². The van der Waals surface area contributed by atoms with Gasteiger partial charge in [0, 0.05) is 6.54 Å². The van der Waals surface area contributed by atoms with E-state index in [2.05, 4.69) is 15.8 Å². The molecule has 1 rings (SSSR count). The van der Waals surface area contributed by atoms with E-state index in [-0.39, 0.29) is 5.84 Å². The summed E-state index contributed by atoms with van der Waals surface area (Å²) in [6.07, 6.45) is 0. The van der Waals surface area contributed by atoms with Crippen molar-refractivity contribution in [3.63, 3.8) is 0 Å². The molecule has 0 aliphatic heterocycles. The highest BCUT2D eigenvalue weighted by molar-refractivity contribution is 6.34. The van der Waals surface area contributed by atoms with Crippen LogP contribution in [0, 0.1) is 6.92 Å². The molecule has 5 heteroatoms. The molecule has 0 saturated heterocycles. The molecule has 0 atom stereocenters. The number of carboxylic acid groups (broad SMARTS) is 1. The lowest BCUT2D eigenvalue weighted by molar-refractivity contribution is -0.129. The van der Waals surface area contributed by atoms with Gasteiger partial charge < -0.3 is 10.4 Å². The van der Waals surface area contributed by atoms with Gasteiger partial charge in [0.25, 0.3) is 0 Å². The van der Waals surface area contributed by atoms with Gasteiger partial charge in [-0.1, -0.05) is 12.1 Å². The van der Waals surface area contributed by atoms with E-state index in [1.807, 2.05) is 38.1 Å². The molecule has 5 nitrogen and oxygen atoms in total. The summed E-state index contributed by atoms with van der Waals surface area (Å²) in [6.45, 7) is 4.28. The number of hydrogen-bond acceptors (Lipinski definition) is 3. The highest BCUT2D eigenvalue weighted by Gasteiger charge is 2.06. The molecule has 86 valence electrons. The van der Waals surface area contributed by atoms with Gasteiger partial charge in [0.2, 0.25) is 5.84 Å². The van der Waals surface area contributed by atoms with E-state index in [1.54, 1.807) is 0 Å². The maximum atomic E-state index is 10.7. The average Bonchev–Trinajstić information content (AvgIpc) is 2.24. The summed E-state index contributed by atoms with van der Waals surface area (Å²) in [5.74, 6) is -1.17. The van der Waals surface area contributed by atoms with Crippen LogP contribution in [0.15, 0.2) is 29.4 Å². The Kier molecular flexibility index (Phi) is 4.32. The smallest absolute Gasteiger partial charge is 0.373 e. The van der Waals surface area contributed by atoms with E-state index in [1.165, 1.54) is 0 Å². The zero-order valence-electron chi connectivity index (χ0n) is 9.32. The number of nitrogens with zero attached hydrogens (tertiary/aromatic N) is 1. The van der Waals surface area contributed by atoms with Gasteiger partial charge in [-0.05, 0) is 31.5 Å². The zero-order chi connectivity index (χ0) is 12.0. The third kappa shape index (κ3) is 3.61. The minimum absolute atomic E-state index is 0.0935. The molecule has 0 radical (unpaired) electrons. The van der Waals surface area contributed by atoms with Crippen molar-refractivity contribution in [3.05, 3.63) is 29.8 Å². The minimum atomic E-state index is -1.08. The molecule has 16 heavy (non-hydrogen) atoms. The Labute approximate surface area is 94.2 Å². The topological polar surface area (TPSA) is 73.7 Å². The molecule has 0 aliphatic carbocycles. The Balaban J connectivity index is 2.73. The van der Waals surface area contributed by atoms with Gasteiger partial charge in [-0.3, -0.25) is 5.43 Å². The number of anilines is 1. The quantitative estimate of drug-likeness (QED) is 0.410. The Morgan fingerprint density at radius 2 is 2.25 bits per heavy atom. The first-order valence-electron chi connectivity index (χ1n) is 5.01. The largest absolute Gasteiger partial charge is 0.475 e. The number of carboxylic acids is 1. The van der Waals surface area contributed by atoms with Crippen LogP contribution in [0.3, 0.4) is 0 Å². The third-order valence-corrected chi connectivity index (χ3v) is 1.86. The van der Waals surface area contributed by atoms with E-state index >= 15 is 0 Å². The lowest BCUT2D eigenvalue weighted by Gasteiger charge is -2.05. The molecule has 0 spiro atoms. The monoisotopic (exact) mass is 221 g/mol. The molecule has 0 bridgehead atoms. The number of amidine groups is 1. The van der Waals surface area contributed by atoms with Crippen LogP contribution in [0.5, 0.6) is 0 Å². The molecule has 1 aromatic carbocycles. The molecule has 3 N–H and O–H groups in total. The fourth-order valence-electron chi connectivity index (χ4n) is 1.17. The summed E-state index contributed by atoms with van der Waals surface area (Å²) >= 11 is 0. The minimum Gasteiger partial charge on any atom is -0.475 e. The van der Waals surface area contributed by atoms with E-state index in [4.69, 9.17) is 5.11 Å². The first-order valence-corrected chi connectivity index (χ1v) is 5.01. The molecular weight excluding hydrogens is 206 g/mol. The second-order valence-electron chi connectivity index (χ2n) is 3.28. The number of hydrogen-bond donors (Lipinski definition) is 3. The number of rotatable bonds is 3. The maximum absolute atomic E-state index is 10.7. The predicted molar refractivity (Wildman–Crippen MR) is 63.5 cm³/mol. The SMILES string of the molecule is CCN/C(=N\Nc1cccc(C)c1)C(=O)O. The zero-order valence-corrected chi connectivity index (χ0v) is 9.32. The van der Waals surface area contributed by atoms with Gasteiger partial charge in [0.05, 0.1) is 5.69 Å². The molecule has 0 amide bonds. The molecule has 1 aromatic rings. The van der Waals surface area contributed by atoms with Gasteiger partial charge in [-0.25, -0.2) is 4.79 Å². The molecule has 0 saturated carbocycles. The standard InChI is InChI=1S/C11H15N3O2/c1-3-12-10(11(15)16)14-13-9-6-4-5-8(2)7-9/h4-7,13H,3H2,1-2H3,(H,12,14)(H,15,16). The van der Waals surface area contributed by atoms with Crippen molar-refractivity contribution >= 4 is 17.5 Å². The molecule has 0 aliphatic rings. The third-order valence-electron chi connectivity index (χ3n) is 1.86. The second kappa shape index (κ2) is 5.75. The summed E-state index contributed by atoms with van der Waals surface area (Å²) in [5.41, 5.74) is 4.54. The van der Waals surface area contributed by atoms with Gasteiger partial charge in [0.1, 0.15) is 0 Å². The summed E-state index contributed by atoms with van der Waals surface area (Å²) in [4.78, 5) is 10.7. The molecule has 0 heterocycles. The number of benzene rings is 1. The van der Waals surface area contributed by atoms with Crippen LogP contribution < -0.4 is 10.7 Å². The van der Waals surface area contributed by atoms with Crippen molar-refractivity contribution in [2.24, 2.45) is 5.10 Å². The summed E-state index contributed by atoms with van der Waals surface area (Å²) < 4.78 is 0. The van der Waals surface area contributed by atoms with Crippen LogP contribution in [-0.4, -0.2) is 23.5 Å². The summed E-state index contributed by atoms with van der Waals surface area (Å²) in [7, 11) is 0. The van der Waals surface area contributed by atoms with Crippen molar-refractivity contribution in [2.45, 2.75) is 13.8 Å². The fourth-order valence-corrected chi connectivity index (χ4v) is 1.17. The first kappa shape index (κ1) is 12.0. The van der Waals surface area contributed by atoms with Crippen molar-refractivity contribution in [1.82, 2.24) is 5.32 Å². The number of likely N-dealkylation sites (N-methyl/N-ethyl adjacent to an activating group) is 1. The van der Waals surface area contributed by atoms with Gasteiger partial charge in [0.15, 0.2) is 0 Å². The first-order chi connectivity index (χ1) is 7.63. The van der Waals surface area contributed by atoms with Crippen LogP contribution in [0.1, 0.15) is 12.5 Å². The van der Waals surface area contributed by atoms with E-state index in [0.717, 1.165) is 11.3 Å². The molecule has 0 fully saturated rings. The van der Waals surface area contributed by atoms with Gasteiger partial charge in [-0.15, -0.1) is 5.10 Å². The number of hydrazone groups is 1. The Bertz CT molecular complexity index is 402. The number of aliphatic carboxylic acids is 1.